The van der Waals surface area contributed by atoms with Gasteiger partial charge in [0.15, 0.2) is 0 Å². The summed E-state index contributed by atoms with van der Waals surface area (Å²) in [5, 5.41) is 8.79. The molecular formula is C14H13BrN2O4S. The van der Waals surface area contributed by atoms with Crippen molar-refractivity contribution < 1.29 is 17.7 Å². The Hall–Kier alpha value is -1.77. The van der Waals surface area contributed by atoms with Crippen molar-refractivity contribution in [3.8, 4) is 5.75 Å². The van der Waals surface area contributed by atoms with Crippen LogP contribution in [0, 0.1) is 0 Å². The summed E-state index contributed by atoms with van der Waals surface area (Å²) >= 11 is 3.28. The van der Waals surface area contributed by atoms with E-state index in [4.69, 9.17) is 9.29 Å². The molecule has 0 saturated carbocycles. The zero-order valence-electron chi connectivity index (χ0n) is 11.4. The summed E-state index contributed by atoms with van der Waals surface area (Å²) in [4.78, 5) is -0.181. The molecule has 0 saturated heterocycles. The Bertz CT molecular complexity index is 743. The second kappa shape index (κ2) is 7.48. The zero-order chi connectivity index (χ0) is 16.0. The van der Waals surface area contributed by atoms with Crippen LogP contribution in [0.25, 0.3) is 0 Å². The summed E-state index contributed by atoms with van der Waals surface area (Å²) in [6, 6.07) is 12.6. The topological polar surface area (TPSA) is 88.3 Å². The van der Waals surface area contributed by atoms with E-state index in [1.54, 1.807) is 24.3 Å². The van der Waals surface area contributed by atoms with Crippen molar-refractivity contribution in [3.05, 3.63) is 48.5 Å². The van der Waals surface area contributed by atoms with Gasteiger partial charge in [-0.1, -0.05) is 15.9 Å². The maximum atomic E-state index is 10.9. The molecular weight excluding hydrogens is 372 g/mol. The lowest BCUT2D eigenvalue weighted by Gasteiger charge is -2.03. The average molecular weight is 385 g/mol. The van der Waals surface area contributed by atoms with Crippen molar-refractivity contribution in [2.75, 3.05) is 11.9 Å². The first kappa shape index (κ1) is 16.6. The summed E-state index contributed by atoms with van der Waals surface area (Å²) in [5.41, 5.74) is 1.12. The molecule has 2 aromatic carbocycles. The molecule has 22 heavy (non-hydrogen) atoms. The van der Waals surface area contributed by atoms with E-state index >= 15 is 0 Å². The predicted molar refractivity (Wildman–Crippen MR) is 86.2 cm³/mol. The maximum Gasteiger partial charge on any atom is 0.294 e. The van der Waals surface area contributed by atoms with Gasteiger partial charge in [-0.05, 0) is 48.5 Å². The lowest BCUT2D eigenvalue weighted by atomic mass is 10.3. The van der Waals surface area contributed by atoms with Gasteiger partial charge in [-0.15, -0.1) is 0 Å². The Balaban J connectivity index is 2.05. The van der Waals surface area contributed by atoms with Crippen molar-refractivity contribution in [3.63, 3.8) is 0 Å². The SMILES string of the molecule is O=S(=O)(O)c1ccc(N=Nc2ccc(OCCBr)cc2)cc1. The first-order valence-electron chi connectivity index (χ1n) is 6.27. The monoisotopic (exact) mass is 384 g/mol. The van der Waals surface area contributed by atoms with Gasteiger partial charge >= 0.3 is 0 Å². The molecule has 0 radical (unpaired) electrons. The van der Waals surface area contributed by atoms with Crippen LogP contribution in [0.2, 0.25) is 0 Å². The third-order valence-electron chi connectivity index (χ3n) is 2.60. The molecule has 0 heterocycles. The Kier molecular flexibility index (Phi) is 5.64. The van der Waals surface area contributed by atoms with Gasteiger partial charge in [0.1, 0.15) is 5.75 Å². The highest BCUT2D eigenvalue weighted by molar-refractivity contribution is 9.09. The van der Waals surface area contributed by atoms with Crippen LogP contribution < -0.4 is 4.74 Å². The van der Waals surface area contributed by atoms with E-state index in [2.05, 4.69) is 26.2 Å². The van der Waals surface area contributed by atoms with Gasteiger partial charge in [0, 0.05) is 5.33 Å². The third kappa shape index (κ3) is 4.90. The second-order valence-corrected chi connectivity index (χ2v) is 6.41. The summed E-state index contributed by atoms with van der Waals surface area (Å²) < 4.78 is 36.1. The fourth-order valence-corrected chi connectivity index (χ4v) is 2.21. The number of nitrogens with zero attached hydrogens (tertiary/aromatic N) is 2. The summed E-state index contributed by atoms with van der Waals surface area (Å²) in [5.74, 6) is 0.746. The summed E-state index contributed by atoms with van der Waals surface area (Å²) in [6.07, 6.45) is 0. The molecule has 0 aliphatic carbocycles. The standard InChI is InChI=1S/C14H13BrN2O4S/c15-9-10-21-13-5-1-11(2-6-13)16-17-12-3-7-14(8-4-12)22(18,19)20/h1-8H,9-10H2,(H,18,19,20). The van der Waals surface area contributed by atoms with Crippen LogP contribution in [0.5, 0.6) is 5.75 Å². The number of hydrogen-bond acceptors (Lipinski definition) is 5. The smallest absolute Gasteiger partial charge is 0.294 e. The number of alkyl halides is 1. The molecule has 0 aromatic heterocycles. The number of azo groups is 1. The van der Waals surface area contributed by atoms with Crippen molar-refractivity contribution in [2.24, 2.45) is 10.2 Å². The molecule has 8 heteroatoms. The molecule has 0 amide bonds. The van der Waals surface area contributed by atoms with Crippen LogP contribution in [0.4, 0.5) is 11.4 Å². The van der Waals surface area contributed by atoms with E-state index in [0.717, 1.165) is 11.1 Å². The second-order valence-electron chi connectivity index (χ2n) is 4.20. The van der Waals surface area contributed by atoms with E-state index < -0.39 is 10.1 Å². The summed E-state index contributed by atoms with van der Waals surface area (Å²) in [7, 11) is -4.19. The van der Waals surface area contributed by atoms with Crippen LogP contribution in [-0.4, -0.2) is 24.9 Å². The fourth-order valence-electron chi connectivity index (χ4n) is 1.57. The molecule has 1 N–H and O–H groups in total. The third-order valence-corrected chi connectivity index (χ3v) is 3.79. The van der Waals surface area contributed by atoms with Gasteiger partial charge < -0.3 is 4.74 Å². The Morgan fingerprint density at radius 2 is 1.45 bits per heavy atom. The maximum absolute atomic E-state index is 10.9. The number of rotatable bonds is 6. The molecule has 6 nitrogen and oxygen atoms in total. The van der Waals surface area contributed by atoms with Crippen LogP contribution in [0.15, 0.2) is 63.7 Å². The molecule has 0 unspecified atom stereocenters. The van der Waals surface area contributed by atoms with Gasteiger partial charge in [0.25, 0.3) is 10.1 Å². The Morgan fingerprint density at radius 3 is 1.91 bits per heavy atom. The normalized spacial score (nSPS) is 11.7. The molecule has 0 aliphatic heterocycles. The molecule has 0 spiro atoms. The molecule has 0 bridgehead atoms. The van der Waals surface area contributed by atoms with E-state index in [0.29, 0.717) is 18.0 Å². The molecule has 0 fully saturated rings. The molecule has 116 valence electrons. The average Bonchev–Trinajstić information content (AvgIpc) is 2.51. The van der Waals surface area contributed by atoms with E-state index in [9.17, 15) is 8.42 Å². The van der Waals surface area contributed by atoms with Crippen LogP contribution in [0.3, 0.4) is 0 Å². The number of ether oxygens (including phenoxy) is 1. The minimum atomic E-state index is -4.19. The highest BCUT2D eigenvalue weighted by atomic mass is 79.9. The largest absolute Gasteiger partial charge is 0.493 e. The van der Waals surface area contributed by atoms with E-state index in [1.807, 2.05) is 0 Å². The first-order chi connectivity index (χ1) is 10.5. The highest BCUT2D eigenvalue weighted by Crippen LogP contribution is 2.22. The number of hydrogen-bond donors (Lipinski definition) is 1. The quantitative estimate of drug-likeness (QED) is 0.460. The van der Waals surface area contributed by atoms with Gasteiger partial charge in [0.2, 0.25) is 0 Å². The molecule has 0 atom stereocenters. The van der Waals surface area contributed by atoms with Gasteiger partial charge in [-0.3, -0.25) is 4.55 Å². The van der Waals surface area contributed by atoms with Crippen LogP contribution >= 0.6 is 15.9 Å². The number of benzene rings is 2. The molecule has 2 aromatic rings. The van der Waals surface area contributed by atoms with E-state index in [1.165, 1.54) is 24.3 Å². The lowest BCUT2D eigenvalue weighted by molar-refractivity contribution is 0.345. The van der Waals surface area contributed by atoms with Crippen molar-refractivity contribution in [2.45, 2.75) is 4.90 Å². The van der Waals surface area contributed by atoms with E-state index in [-0.39, 0.29) is 4.90 Å². The van der Waals surface area contributed by atoms with Crippen molar-refractivity contribution in [1.82, 2.24) is 0 Å². The van der Waals surface area contributed by atoms with Crippen molar-refractivity contribution in [1.29, 1.82) is 0 Å². The van der Waals surface area contributed by atoms with Gasteiger partial charge in [-0.25, -0.2) is 0 Å². The molecule has 0 aliphatic rings. The van der Waals surface area contributed by atoms with Gasteiger partial charge in [0.05, 0.1) is 22.9 Å². The van der Waals surface area contributed by atoms with Crippen LogP contribution in [0.1, 0.15) is 0 Å². The lowest BCUT2D eigenvalue weighted by Crippen LogP contribution is -1.96. The fraction of sp³-hybridized carbons (Fsp3) is 0.143. The predicted octanol–water partition coefficient (Wildman–Crippen LogP) is 4.12. The summed E-state index contributed by atoms with van der Waals surface area (Å²) in [6.45, 7) is 0.584. The minimum absolute atomic E-state index is 0.181. The first-order valence-corrected chi connectivity index (χ1v) is 8.83. The Morgan fingerprint density at radius 1 is 0.955 bits per heavy atom. The Labute approximate surface area is 136 Å². The minimum Gasteiger partial charge on any atom is -0.493 e. The van der Waals surface area contributed by atoms with Gasteiger partial charge in [-0.2, -0.15) is 18.6 Å². The highest BCUT2D eigenvalue weighted by Gasteiger charge is 2.07. The molecule has 2 rings (SSSR count). The number of halogens is 1. The van der Waals surface area contributed by atoms with Crippen molar-refractivity contribution >= 4 is 37.4 Å². The zero-order valence-corrected chi connectivity index (χ0v) is 13.8. The van der Waals surface area contributed by atoms with Crippen LogP contribution in [-0.2, 0) is 10.1 Å².